The first-order valence-corrected chi connectivity index (χ1v) is 14.7. The number of hydrogen-bond acceptors (Lipinski definition) is 7. The number of benzene rings is 3. The van der Waals surface area contributed by atoms with Crippen LogP contribution in [-0.2, 0) is 25.3 Å². The van der Waals surface area contributed by atoms with E-state index in [2.05, 4.69) is 29.2 Å². The number of ether oxygens (including phenoxy) is 2. The van der Waals surface area contributed by atoms with Gasteiger partial charge in [-0.2, -0.15) is 0 Å². The largest absolute Gasteiger partial charge is 0.497 e. The first-order chi connectivity index (χ1) is 19.1. The zero-order valence-electron chi connectivity index (χ0n) is 21.9. The Morgan fingerprint density at radius 3 is 2.46 bits per heavy atom. The Bertz CT molecular complexity index is 1660. The first kappa shape index (κ1) is 25.7. The molecule has 0 N–H and O–H groups in total. The molecule has 0 fully saturated rings. The monoisotopic (exact) mass is 555 g/mol. The minimum absolute atomic E-state index is 0.0317. The number of methoxy groups -OCH3 is 2. The number of fused-ring (bicyclic) bond motifs is 3. The summed E-state index contributed by atoms with van der Waals surface area (Å²) in [7, 11) is 3.30. The number of hydrogen-bond donors (Lipinski definition) is 0. The minimum atomic E-state index is -0.0317. The van der Waals surface area contributed by atoms with Gasteiger partial charge in [0.15, 0.2) is 5.16 Å². The van der Waals surface area contributed by atoms with Crippen molar-refractivity contribution in [2.24, 2.45) is 0 Å². The van der Waals surface area contributed by atoms with E-state index >= 15 is 0 Å². The van der Waals surface area contributed by atoms with Gasteiger partial charge in [0.05, 0.1) is 25.3 Å². The van der Waals surface area contributed by atoms with Crippen LogP contribution in [0, 0.1) is 0 Å². The summed E-state index contributed by atoms with van der Waals surface area (Å²) in [5.41, 5.74) is 4.25. The molecule has 6 rings (SSSR count). The molecule has 1 aliphatic heterocycles. The molecule has 1 aliphatic rings. The minimum Gasteiger partial charge on any atom is -0.497 e. The third kappa shape index (κ3) is 5.20. The molecular weight excluding hydrogens is 526 g/mol. The Labute approximate surface area is 235 Å². The van der Waals surface area contributed by atoms with Gasteiger partial charge in [0.2, 0.25) is 0 Å². The molecule has 5 aromatic rings. The predicted molar refractivity (Wildman–Crippen MR) is 159 cm³/mol. The van der Waals surface area contributed by atoms with Crippen LogP contribution in [0.2, 0.25) is 0 Å². The topological polar surface area (TPSA) is 56.6 Å². The molecule has 6 nitrogen and oxygen atoms in total. The zero-order valence-corrected chi connectivity index (χ0v) is 23.6. The summed E-state index contributed by atoms with van der Waals surface area (Å²) >= 11 is 3.21. The fraction of sp³-hybridized carbons (Fsp3) is 0.226. The van der Waals surface area contributed by atoms with Crippen molar-refractivity contribution in [3.63, 3.8) is 0 Å². The van der Waals surface area contributed by atoms with Gasteiger partial charge in [0.1, 0.15) is 16.3 Å². The maximum atomic E-state index is 14.2. The quantitative estimate of drug-likeness (QED) is 0.165. The average molecular weight is 556 g/mol. The van der Waals surface area contributed by atoms with Gasteiger partial charge in [-0.25, -0.2) is 4.98 Å². The summed E-state index contributed by atoms with van der Waals surface area (Å²) in [6, 6.07) is 26.2. The SMILES string of the molecule is COc1ccc(CSc2nc3sc4c(c3c(=O)n2-c2ccccc2OC)CCN(Cc2ccccc2)C4)cc1. The number of thioether (sulfide) groups is 1. The number of nitrogens with zero attached hydrogens (tertiary/aromatic N) is 3. The molecule has 3 aromatic carbocycles. The fourth-order valence-electron chi connectivity index (χ4n) is 5.05. The second kappa shape index (κ2) is 11.3. The van der Waals surface area contributed by atoms with Crippen LogP contribution in [0.1, 0.15) is 21.6 Å². The van der Waals surface area contributed by atoms with E-state index in [0.29, 0.717) is 22.3 Å². The summed E-state index contributed by atoms with van der Waals surface area (Å²) < 4.78 is 12.7. The first-order valence-electron chi connectivity index (χ1n) is 12.9. The maximum Gasteiger partial charge on any atom is 0.267 e. The number of para-hydroxylation sites is 2. The van der Waals surface area contributed by atoms with Gasteiger partial charge in [0, 0.05) is 30.3 Å². The standard InChI is InChI=1S/C31H29N3O3S2/c1-36-23-14-12-22(13-15-23)20-38-31-32-29-28(30(35)34(31)25-10-6-7-11-26(25)37-2)24-16-17-33(19-27(24)39-29)18-21-8-4-3-5-9-21/h3-15H,16-20H2,1-2H3. The highest BCUT2D eigenvalue weighted by Gasteiger charge is 2.26. The summed E-state index contributed by atoms with van der Waals surface area (Å²) in [5.74, 6) is 2.14. The molecule has 0 aliphatic carbocycles. The molecule has 0 unspecified atom stereocenters. The molecule has 0 atom stereocenters. The van der Waals surface area contributed by atoms with E-state index < -0.39 is 0 Å². The van der Waals surface area contributed by atoms with Gasteiger partial charge in [-0.15, -0.1) is 11.3 Å². The Balaban J connectivity index is 1.40. The third-order valence-corrected chi connectivity index (χ3v) is 9.15. The van der Waals surface area contributed by atoms with Gasteiger partial charge in [-0.05, 0) is 47.4 Å². The number of thiophene rings is 1. The van der Waals surface area contributed by atoms with Crippen LogP contribution in [0.15, 0.2) is 88.8 Å². The van der Waals surface area contributed by atoms with E-state index in [-0.39, 0.29) is 5.56 Å². The second-order valence-electron chi connectivity index (χ2n) is 9.47. The Hall–Kier alpha value is -3.59. The van der Waals surface area contributed by atoms with E-state index in [4.69, 9.17) is 14.5 Å². The van der Waals surface area contributed by atoms with E-state index in [0.717, 1.165) is 53.1 Å². The summed E-state index contributed by atoms with van der Waals surface area (Å²) in [4.78, 5) is 23.8. The van der Waals surface area contributed by atoms with Gasteiger partial charge < -0.3 is 9.47 Å². The lowest BCUT2D eigenvalue weighted by molar-refractivity contribution is 0.249. The maximum absolute atomic E-state index is 14.2. The fourth-order valence-corrected chi connectivity index (χ4v) is 7.31. The number of aromatic nitrogens is 2. The zero-order chi connectivity index (χ0) is 26.8. The van der Waals surface area contributed by atoms with Crippen molar-refractivity contribution in [1.29, 1.82) is 0 Å². The van der Waals surface area contributed by atoms with Crippen LogP contribution in [0.4, 0.5) is 0 Å². The van der Waals surface area contributed by atoms with Gasteiger partial charge in [-0.3, -0.25) is 14.3 Å². The van der Waals surface area contributed by atoms with E-state index in [1.54, 1.807) is 41.9 Å². The molecule has 0 saturated carbocycles. The molecule has 198 valence electrons. The smallest absolute Gasteiger partial charge is 0.267 e. The van der Waals surface area contributed by atoms with Crippen LogP contribution in [0.3, 0.4) is 0 Å². The van der Waals surface area contributed by atoms with Crippen molar-refractivity contribution in [3.05, 3.63) is 111 Å². The lowest BCUT2D eigenvalue weighted by Crippen LogP contribution is -2.30. The van der Waals surface area contributed by atoms with Crippen molar-refractivity contribution < 1.29 is 9.47 Å². The molecule has 0 spiro atoms. The summed E-state index contributed by atoms with van der Waals surface area (Å²) in [6.07, 6.45) is 0.837. The van der Waals surface area contributed by atoms with Crippen LogP contribution < -0.4 is 15.0 Å². The average Bonchev–Trinajstić information content (AvgIpc) is 3.35. The third-order valence-electron chi connectivity index (χ3n) is 7.02. The molecule has 2 aromatic heterocycles. The molecule has 0 bridgehead atoms. The van der Waals surface area contributed by atoms with Gasteiger partial charge in [-0.1, -0.05) is 66.4 Å². The second-order valence-corrected chi connectivity index (χ2v) is 11.5. The molecule has 8 heteroatoms. The Morgan fingerprint density at radius 1 is 0.923 bits per heavy atom. The molecule has 0 amide bonds. The van der Waals surface area contributed by atoms with Crippen LogP contribution in [0.5, 0.6) is 11.5 Å². The normalized spacial score (nSPS) is 13.4. The van der Waals surface area contributed by atoms with Crippen molar-refractivity contribution in [2.75, 3.05) is 20.8 Å². The van der Waals surface area contributed by atoms with Crippen LogP contribution in [0.25, 0.3) is 15.9 Å². The highest BCUT2D eigenvalue weighted by molar-refractivity contribution is 7.98. The van der Waals surface area contributed by atoms with Gasteiger partial charge in [0.25, 0.3) is 5.56 Å². The molecule has 0 radical (unpaired) electrons. The molecule has 3 heterocycles. The molecule has 0 saturated heterocycles. The molecule has 39 heavy (non-hydrogen) atoms. The van der Waals surface area contributed by atoms with E-state index in [9.17, 15) is 4.79 Å². The van der Waals surface area contributed by atoms with Crippen LogP contribution in [-0.4, -0.2) is 35.2 Å². The predicted octanol–water partition coefficient (Wildman–Crippen LogP) is 6.32. The highest BCUT2D eigenvalue weighted by atomic mass is 32.2. The Kier molecular flexibility index (Phi) is 7.41. The van der Waals surface area contributed by atoms with Crippen molar-refractivity contribution in [2.45, 2.75) is 30.4 Å². The van der Waals surface area contributed by atoms with Crippen LogP contribution >= 0.6 is 23.1 Å². The number of rotatable bonds is 8. The molecular formula is C31H29N3O3S2. The summed E-state index contributed by atoms with van der Waals surface area (Å²) in [6.45, 7) is 2.64. The van der Waals surface area contributed by atoms with Gasteiger partial charge >= 0.3 is 0 Å². The lowest BCUT2D eigenvalue weighted by atomic mass is 10.0. The van der Waals surface area contributed by atoms with Crippen molar-refractivity contribution in [1.82, 2.24) is 14.5 Å². The van der Waals surface area contributed by atoms with E-state index in [1.807, 2.05) is 54.6 Å². The highest BCUT2D eigenvalue weighted by Crippen LogP contribution is 2.36. The van der Waals surface area contributed by atoms with Crippen molar-refractivity contribution >= 4 is 33.3 Å². The summed E-state index contributed by atoms with van der Waals surface area (Å²) in [5, 5.41) is 1.40. The Morgan fingerprint density at radius 2 is 1.69 bits per heavy atom. The van der Waals surface area contributed by atoms with E-state index in [1.165, 1.54) is 10.4 Å². The lowest BCUT2D eigenvalue weighted by Gasteiger charge is -2.26. The van der Waals surface area contributed by atoms with Crippen molar-refractivity contribution in [3.8, 4) is 17.2 Å².